The molecular formula is C42H72N2O17. The number of amides is 4. The summed E-state index contributed by atoms with van der Waals surface area (Å²) in [4.78, 5) is 73.8. The summed E-state index contributed by atoms with van der Waals surface area (Å²) < 4.78 is 60.3. The Bertz CT molecular complexity index is 1130. The highest BCUT2D eigenvalue weighted by Gasteiger charge is 2.36. The van der Waals surface area contributed by atoms with Crippen LogP contribution in [0.5, 0.6) is 0 Å². The van der Waals surface area contributed by atoms with Gasteiger partial charge in [0, 0.05) is 76.7 Å². The van der Waals surface area contributed by atoms with Crippen LogP contribution in [0.15, 0.2) is 0 Å². The van der Waals surface area contributed by atoms with Gasteiger partial charge in [0.1, 0.15) is 11.6 Å². The van der Waals surface area contributed by atoms with E-state index in [2.05, 4.69) is 0 Å². The van der Waals surface area contributed by atoms with E-state index in [1.807, 2.05) is 0 Å². The van der Waals surface area contributed by atoms with Crippen LogP contribution in [-0.2, 0) is 80.9 Å². The molecule has 2 fully saturated rings. The van der Waals surface area contributed by atoms with Crippen LogP contribution in [0.1, 0.15) is 65.2 Å². The standard InChI is InChI=1S/C42H72N2O17/c1-35-33-39(47)43(41(35)49)9-7-37(45)5-3-11-51-13-15-53-17-19-55-21-23-57-25-27-59-29-31-61-32-30-60-28-26-58-24-22-56-20-18-54-16-14-52-12-4-6-38(46)8-10-44-40(48)34-36(2)42(44)50/h35-36H,3-34H2,1-2H3. The van der Waals surface area contributed by atoms with Gasteiger partial charge in [0.05, 0.1) is 132 Å². The van der Waals surface area contributed by atoms with Crippen molar-refractivity contribution in [3.63, 3.8) is 0 Å². The number of Topliss-reactive ketones (excluding diaryl/α,β-unsaturated/α-hetero) is 2. The number of imide groups is 2. The molecule has 0 saturated carbocycles. The second-order valence-electron chi connectivity index (χ2n) is 14.5. The number of ether oxygens (including phenoxy) is 11. The van der Waals surface area contributed by atoms with Gasteiger partial charge >= 0.3 is 0 Å². The fourth-order valence-corrected chi connectivity index (χ4v) is 5.93. The first kappa shape index (κ1) is 54.3. The van der Waals surface area contributed by atoms with Gasteiger partial charge in [-0.25, -0.2) is 0 Å². The van der Waals surface area contributed by atoms with Gasteiger partial charge < -0.3 is 52.1 Å². The molecule has 2 heterocycles. The van der Waals surface area contributed by atoms with Gasteiger partial charge in [0.15, 0.2) is 0 Å². The molecule has 0 N–H and O–H groups in total. The summed E-state index contributed by atoms with van der Waals surface area (Å²) in [7, 11) is 0. The van der Waals surface area contributed by atoms with Crippen molar-refractivity contribution in [1.82, 2.24) is 9.80 Å². The highest BCUT2D eigenvalue weighted by atomic mass is 16.6. The number of carbonyl (C=O) groups is 6. The number of nitrogens with zero attached hydrogens (tertiary/aromatic N) is 2. The maximum atomic E-state index is 12.0. The number of rotatable bonds is 44. The van der Waals surface area contributed by atoms with Gasteiger partial charge in [-0.2, -0.15) is 0 Å². The molecule has 0 bridgehead atoms. The molecule has 61 heavy (non-hydrogen) atoms. The van der Waals surface area contributed by atoms with Crippen LogP contribution < -0.4 is 0 Å². The lowest BCUT2D eigenvalue weighted by molar-refractivity contribution is -0.141. The zero-order valence-corrected chi connectivity index (χ0v) is 36.6. The summed E-state index contributed by atoms with van der Waals surface area (Å²) in [6.07, 6.45) is 2.71. The van der Waals surface area contributed by atoms with E-state index in [9.17, 15) is 28.8 Å². The summed E-state index contributed by atoms with van der Waals surface area (Å²) in [5.41, 5.74) is 0. The van der Waals surface area contributed by atoms with Gasteiger partial charge in [-0.1, -0.05) is 13.8 Å². The molecule has 2 rings (SSSR count). The number of likely N-dealkylation sites (tertiary alicyclic amines) is 2. The van der Waals surface area contributed by atoms with Gasteiger partial charge in [-0.3, -0.25) is 38.6 Å². The molecule has 0 radical (unpaired) electrons. The third-order valence-corrected chi connectivity index (χ3v) is 9.38. The van der Waals surface area contributed by atoms with Crippen LogP contribution in [0.4, 0.5) is 0 Å². The largest absolute Gasteiger partial charge is 0.379 e. The van der Waals surface area contributed by atoms with Gasteiger partial charge in [0.25, 0.3) is 0 Å². The van der Waals surface area contributed by atoms with E-state index in [0.29, 0.717) is 171 Å². The van der Waals surface area contributed by atoms with Crippen molar-refractivity contribution in [1.29, 1.82) is 0 Å². The third kappa shape index (κ3) is 27.8. The second kappa shape index (κ2) is 36.6. The lowest BCUT2D eigenvalue weighted by atomic mass is 10.1. The van der Waals surface area contributed by atoms with E-state index in [-0.39, 0.29) is 85.8 Å². The molecule has 352 valence electrons. The minimum absolute atomic E-state index is 0.0153. The van der Waals surface area contributed by atoms with E-state index in [4.69, 9.17) is 52.1 Å². The lowest BCUT2D eigenvalue weighted by Crippen LogP contribution is -2.32. The first-order valence-electron chi connectivity index (χ1n) is 21.8. The molecule has 0 aromatic heterocycles. The summed E-state index contributed by atoms with van der Waals surface area (Å²) >= 11 is 0. The predicted molar refractivity (Wildman–Crippen MR) is 218 cm³/mol. The minimum Gasteiger partial charge on any atom is -0.379 e. The fourth-order valence-electron chi connectivity index (χ4n) is 5.93. The van der Waals surface area contributed by atoms with Gasteiger partial charge in [-0.05, 0) is 12.8 Å². The highest BCUT2D eigenvalue weighted by Crippen LogP contribution is 2.20. The Morgan fingerprint density at radius 1 is 0.377 bits per heavy atom. The zero-order chi connectivity index (χ0) is 44.2. The molecule has 2 saturated heterocycles. The van der Waals surface area contributed by atoms with E-state index >= 15 is 0 Å². The average molecular weight is 877 g/mol. The quantitative estimate of drug-likeness (QED) is 0.0626. The molecule has 19 nitrogen and oxygen atoms in total. The summed E-state index contributed by atoms with van der Waals surface area (Å²) in [5.74, 6) is -1.32. The van der Waals surface area contributed by atoms with Gasteiger partial charge in [-0.15, -0.1) is 0 Å². The van der Waals surface area contributed by atoms with E-state index in [0.717, 1.165) is 0 Å². The van der Waals surface area contributed by atoms with Crippen molar-refractivity contribution < 1.29 is 80.9 Å². The zero-order valence-electron chi connectivity index (χ0n) is 36.6. The summed E-state index contributed by atoms with van der Waals surface area (Å²) in [6.45, 7) is 13.7. The van der Waals surface area contributed by atoms with E-state index in [1.54, 1.807) is 13.8 Å². The van der Waals surface area contributed by atoms with Crippen LogP contribution >= 0.6 is 0 Å². The summed E-state index contributed by atoms with van der Waals surface area (Å²) in [5, 5.41) is 0. The van der Waals surface area contributed by atoms with Crippen LogP contribution in [0.2, 0.25) is 0 Å². The Morgan fingerprint density at radius 2 is 0.590 bits per heavy atom. The van der Waals surface area contributed by atoms with Crippen molar-refractivity contribution in [2.45, 2.75) is 65.2 Å². The van der Waals surface area contributed by atoms with E-state index in [1.165, 1.54) is 9.80 Å². The molecule has 4 amide bonds. The topological polar surface area (TPSA) is 210 Å². The van der Waals surface area contributed by atoms with E-state index < -0.39 is 0 Å². The molecule has 0 spiro atoms. The summed E-state index contributed by atoms with van der Waals surface area (Å²) in [6, 6.07) is 0. The molecule has 2 aliphatic heterocycles. The highest BCUT2D eigenvalue weighted by molar-refractivity contribution is 6.04. The molecule has 2 atom stereocenters. The molecule has 0 aromatic carbocycles. The normalized spacial score (nSPS) is 16.8. The van der Waals surface area contributed by atoms with Gasteiger partial charge in [0.2, 0.25) is 23.6 Å². The Balaban J connectivity index is 1.15. The Hall–Kier alpha value is -2.82. The first-order chi connectivity index (χ1) is 29.7. The molecule has 2 unspecified atom stereocenters. The van der Waals surface area contributed by atoms with Crippen LogP contribution in [-0.4, -0.2) is 203 Å². The van der Waals surface area contributed by atoms with Crippen molar-refractivity contribution in [2.24, 2.45) is 11.8 Å². The Labute approximate surface area is 360 Å². The van der Waals surface area contributed by atoms with Crippen LogP contribution in [0.3, 0.4) is 0 Å². The smallest absolute Gasteiger partial charge is 0.232 e. The minimum atomic E-state index is -0.287. The second-order valence-corrected chi connectivity index (χ2v) is 14.5. The number of hydrogen-bond donors (Lipinski definition) is 0. The Kier molecular flexibility index (Phi) is 32.6. The van der Waals surface area contributed by atoms with Crippen molar-refractivity contribution >= 4 is 35.2 Å². The van der Waals surface area contributed by atoms with Crippen molar-refractivity contribution in [3.8, 4) is 0 Å². The van der Waals surface area contributed by atoms with Crippen molar-refractivity contribution in [2.75, 3.05) is 158 Å². The average Bonchev–Trinajstić information content (AvgIpc) is 3.64. The number of hydrogen-bond acceptors (Lipinski definition) is 17. The molecule has 0 aromatic rings. The van der Waals surface area contributed by atoms with Crippen molar-refractivity contribution in [3.05, 3.63) is 0 Å². The maximum Gasteiger partial charge on any atom is 0.232 e. The van der Waals surface area contributed by atoms with Crippen LogP contribution in [0, 0.1) is 11.8 Å². The SMILES string of the molecule is CC1CC(=O)N(CCC(=O)CCCOCCOCCOCCOCCOCCOCCOCCOCCOCCOCCOCCCC(=O)CCN2C(=O)CC(C)C2=O)C1=O. The fraction of sp³-hybridized carbons (Fsp3) is 0.857. The predicted octanol–water partition coefficient (Wildman–Crippen LogP) is 1.44. The monoisotopic (exact) mass is 876 g/mol. The number of carbonyl (C=O) groups excluding carboxylic acids is 6. The molecule has 19 heteroatoms. The number of ketones is 2. The molecular weight excluding hydrogens is 804 g/mol. The van der Waals surface area contributed by atoms with Crippen LogP contribution in [0.25, 0.3) is 0 Å². The maximum absolute atomic E-state index is 12.0. The molecule has 2 aliphatic rings. The lowest BCUT2D eigenvalue weighted by Gasteiger charge is -2.13. The Morgan fingerprint density at radius 3 is 0.787 bits per heavy atom. The first-order valence-corrected chi connectivity index (χ1v) is 21.8. The molecule has 0 aliphatic carbocycles. The third-order valence-electron chi connectivity index (χ3n) is 9.38.